The Kier molecular flexibility index (Phi) is 8.12. The van der Waals surface area contributed by atoms with Crippen LogP contribution in [0.1, 0.15) is 61.1 Å². The quantitative estimate of drug-likeness (QED) is 0.323. The van der Waals surface area contributed by atoms with E-state index in [1.807, 2.05) is 35.2 Å². The number of aliphatic hydroxyl groups is 3. The molecule has 4 N–H and O–H groups in total. The SMILES string of the molecule is COc1cc(CO)cc2c1O[C@@H]1[C@@H](O)[C@H](N(CC34CC5CC(CC(C5)C3)C4)C(=O)Cc3ccccc3)C=C(C(=O)NCCO)[C@H]21. The number of carbonyl (C=O) groups is 2. The van der Waals surface area contributed by atoms with Crippen LogP contribution in [0.5, 0.6) is 11.5 Å². The van der Waals surface area contributed by atoms with Crippen molar-refractivity contribution in [3.8, 4) is 11.5 Å². The number of benzene rings is 2. The molecule has 2 aromatic rings. The van der Waals surface area contributed by atoms with E-state index < -0.39 is 24.2 Å². The van der Waals surface area contributed by atoms with Crippen molar-refractivity contribution in [1.82, 2.24) is 10.2 Å². The lowest BCUT2D eigenvalue weighted by molar-refractivity contribution is -0.144. The lowest BCUT2D eigenvalue weighted by Crippen LogP contribution is -2.60. The van der Waals surface area contributed by atoms with Gasteiger partial charge in [-0.05, 0) is 91.0 Å². The number of hydrogen-bond acceptors (Lipinski definition) is 7. The molecule has 2 aromatic carbocycles. The van der Waals surface area contributed by atoms with Crippen molar-refractivity contribution in [3.05, 3.63) is 70.8 Å². The fourth-order valence-corrected chi connectivity index (χ4v) is 9.70. The number of fused-ring (bicyclic) bond motifs is 3. The number of nitrogens with zero attached hydrogens (tertiary/aromatic N) is 1. The maximum atomic E-state index is 14.4. The standard InChI is InChI=1S/C36H44N2O7/c1-44-29-13-25(19-40)12-26-31-27(35(43)37-7-8-39)15-28(32(42)34(31)45-33(26)29)38(30(41)14-21-5-3-2-4-6-21)20-36-16-22-9-23(17-36)11-24(10-22)18-36/h2-6,12-13,15,22-24,28,31-32,34,39-40,42H,7-11,14,16-20H2,1H3,(H,37,43)/t22?,23?,24?,28-,31+,32+,34+,36?/m1/s1. The highest BCUT2D eigenvalue weighted by Crippen LogP contribution is 2.60. The minimum atomic E-state index is -1.12. The van der Waals surface area contributed by atoms with E-state index in [0.717, 1.165) is 24.8 Å². The topological polar surface area (TPSA) is 129 Å². The van der Waals surface area contributed by atoms with Crippen LogP contribution in [-0.2, 0) is 22.6 Å². The molecule has 1 heterocycles. The van der Waals surface area contributed by atoms with Crippen LogP contribution >= 0.6 is 0 Å². The summed E-state index contributed by atoms with van der Waals surface area (Å²) in [5.41, 5.74) is 2.53. The molecule has 2 amide bonds. The summed E-state index contributed by atoms with van der Waals surface area (Å²) in [6.45, 7) is 0.157. The molecule has 0 radical (unpaired) electrons. The van der Waals surface area contributed by atoms with Gasteiger partial charge in [0.25, 0.3) is 0 Å². The number of aliphatic hydroxyl groups excluding tert-OH is 3. The number of carbonyl (C=O) groups excluding carboxylic acids is 2. The molecular formula is C36H44N2O7. The zero-order chi connectivity index (χ0) is 31.3. The monoisotopic (exact) mass is 616 g/mol. The summed E-state index contributed by atoms with van der Waals surface area (Å²) in [7, 11) is 1.52. The largest absolute Gasteiger partial charge is 0.493 e. The molecular weight excluding hydrogens is 572 g/mol. The van der Waals surface area contributed by atoms with Crippen molar-refractivity contribution in [3.63, 3.8) is 0 Å². The lowest BCUT2D eigenvalue weighted by atomic mass is 9.49. The highest BCUT2D eigenvalue weighted by atomic mass is 16.5. The first kappa shape index (κ1) is 30.3. The molecule has 4 fully saturated rings. The number of nitrogens with one attached hydrogen (secondary N) is 1. The summed E-state index contributed by atoms with van der Waals surface area (Å²) in [6.07, 6.45) is 7.13. The van der Waals surface area contributed by atoms with Crippen LogP contribution in [0.4, 0.5) is 0 Å². The van der Waals surface area contributed by atoms with Crippen molar-refractivity contribution >= 4 is 11.8 Å². The number of hydrogen-bond donors (Lipinski definition) is 4. The van der Waals surface area contributed by atoms with E-state index in [4.69, 9.17) is 9.47 Å². The average Bonchev–Trinajstić information content (AvgIpc) is 3.42. The predicted molar refractivity (Wildman–Crippen MR) is 167 cm³/mol. The number of rotatable bonds is 10. The summed E-state index contributed by atoms with van der Waals surface area (Å²) < 4.78 is 12.0. The van der Waals surface area contributed by atoms with Crippen LogP contribution < -0.4 is 14.8 Å². The molecule has 6 aliphatic rings. The molecule has 9 heteroatoms. The van der Waals surface area contributed by atoms with Gasteiger partial charge in [0.05, 0.1) is 38.7 Å². The third-order valence-electron chi connectivity index (χ3n) is 11.0. The Balaban J connectivity index is 1.30. The van der Waals surface area contributed by atoms with Gasteiger partial charge in [0, 0.05) is 24.2 Å². The van der Waals surface area contributed by atoms with Crippen LogP contribution in [0.2, 0.25) is 0 Å². The van der Waals surface area contributed by atoms with Gasteiger partial charge in [-0.25, -0.2) is 0 Å². The third kappa shape index (κ3) is 5.53. The second kappa shape index (κ2) is 12.1. The van der Waals surface area contributed by atoms with Crippen molar-refractivity contribution in [2.75, 3.05) is 26.8 Å². The fourth-order valence-electron chi connectivity index (χ4n) is 9.70. The van der Waals surface area contributed by atoms with E-state index in [9.17, 15) is 24.9 Å². The van der Waals surface area contributed by atoms with Crippen LogP contribution in [-0.4, -0.2) is 77.1 Å². The Morgan fingerprint density at radius 2 is 1.71 bits per heavy atom. The van der Waals surface area contributed by atoms with Gasteiger partial charge in [-0.1, -0.05) is 30.3 Å². The van der Waals surface area contributed by atoms with E-state index in [-0.39, 0.29) is 43.4 Å². The number of ether oxygens (including phenoxy) is 2. The van der Waals surface area contributed by atoms with Gasteiger partial charge in [-0.2, -0.15) is 0 Å². The Bertz CT molecular complexity index is 1440. The molecule has 9 nitrogen and oxygen atoms in total. The molecule has 0 aromatic heterocycles. The van der Waals surface area contributed by atoms with Crippen LogP contribution in [0.3, 0.4) is 0 Å². The van der Waals surface area contributed by atoms with Gasteiger partial charge in [-0.3, -0.25) is 9.59 Å². The molecule has 45 heavy (non-hydrogen) atoms. The van der Waals surface area contributed by atoms with Gasteiger partial charge in [0.1, 0.15) is 12.2 Å². The van der Waals surface area contributed by atoms with Gasteiger partial charge < -0.3 is 35.0 Å². The lowest BCUT2D eigenvalue weighted by Gasteiger charge is -2.58. The normalized spacial score (nSPS) is 32.3. The Morgan fingerprint density at radius 3 is 2.33 bits per heavy atom. The fraction of sp³-hybridized carbons (Fsp3) is 0.556. The Hall–Kier alpha value is -3.40. The predicted octanol–water partition coefficient (Wildman–Crippen LogP) is 3.10. The van der Waals surface area contributed by atoms with E-state index in [1.54, 1.807) is 18.2 Å². The average molecular weight is 617 g/mol. The first-order valence-electron chi connectivity index (χ1n) is 16.4. The third-order valence-corrected chi connectivity index (χ3v) is 11.0. The van der Waals surface area contributed by atoms with Crippen molar-refractivity contribution in [2.45, 2.75) is 75.7 Å². The van der Waals surface area contributed by atoms with E-state index in [1.165, 1.54) is 26.4 Å². The van der Waals surface area contributed by atoms with Crippen LogP contribution in [0, 0.1) is 23.2 Å². The summed E-state index contributed by atoms with van der Waals surface area (Å²) in [5.74, 6) is 1.81. The van der Waals surface area contributed by atoms with Gasteiger partial charge in [0.15, 0.2) is 11.5 Å². The van der Waals surface area contributed by atoms with E-state index in [2.05, 4.69) is 5.32 Å². The summed E-state index contributed by atoms with van der Waals surface area (Å²) >= 11 is 0. The highest BCUT2D eigenvalue weighted by Gasteiger charge is 2.55. The van der Waals surface area contributed by atoms with Gasteiger partial charge >= 0.3 is 0 Å². The molecule has 0 spiro atoms. The molecule has 4 saturated carbocycles. The zero-order valence-corrected chi connectivity index (χ0v) is 25.9. The molecule has 4 atom stereocenters. The molecule has 1 aliphatic heterocycles. The van der Waals surface area contributed by atoms with E-state index >= 15 is 0 Å². The van der Waals surface area contributed by atoms with Gasteiger partial charge in [0.2, 0.25) is 11.8 Å². The second-order valence-electron chi connectivity index (χ2n) is 14.1. The second-order valence-corrected chi connectivity index (χ2v) is 14.1. The smallest absolute Gasteiger partial charge is 0.247 e. The summed E-state index contributed by atoms with van der Waals surface area (Å²) in [6, 6.07) is 12.4. The molecule has 8 rings (SSSR count). The zero-order valence-electron chi connectivity index (χ0n) is 25.9. The Morgan fingerprint density at radius 1 is 1.02 bits per heavy atom. The minimum absolute atomic E-state index is 0.00353. The maximum absolute atomic E-state index is 14.4. The van der Waals surface area contributed by atoms with Crippen molar-refractivity contribution < 1.29 is 34.4 Å². The van der Waals surface area contributed by atoms with Crippen molar-refractivity contribution in [1.29, 1.82) is 0 Å². The molecule has 0 unspecified atom stereocenters. The summed E-state index contributed by atoms with van der Waals surface area (Å²) in [5, 5.41) is 34.4. The molecule has 0 saturated heterocycles. The molecule has 5 aliphatic carbocycles. The van der Waals surface area contributed by atoms with Crippen molar-refractivity contribution in [2.24, 2.45) is 23.2 Å². The first-order chi connectivity index (χ1) is 21.8. The van der Waals surface area contributed by atoms with Gasteiger partial charge in [-0.15, -0.1) is 0 Å². The highest BCUT2D eigenvalue weighted by molar-refractivity contribution is 5.96. The first-order valence-corrected chi connectivity index (χ1v) is 16.4. The number of methoxy groups -OCH3 is 1. The maximum Gasteiger partial charge on any atom is 0.247 e. The van der Waals surface area contributed by atoms with Crippen LogP contribution in [0.25, 0.3) is 0 Å². The van der Waals surface area contributed by atoms with Crippen LogP contribution in [0.15, 0.2) is 54.1 Å². The minimum Gasteiger partial charge on any atom is -0.493 e. The Labute approximate surface area is 264 Å². The molecule has 4 bridgehead atoms. The molecule has 240 valence electrons. The van der Waals surface area contributed by atoms with E-state index in [0.29, 0.717) is 52.5 Å². The summed E-state index contributed by atoms with van der Waals surface area (Å²) in [4.78, 5) is 30.0. The number of amides is 2.